The molecular weight excluding hydrogens is 221 g/mol. The predicted molar refractivity (Wildman–Crippen MR) is 54.1 cm³/mol. The zero-order valence-corrected chi connectivity index (χ0v) is 9.35. The van der Waals surface area contributed by atoms with Gasteiger partial charge in [0.2, 0.25) is 0 Å². The van der Waals surface area contributed by atoms with Crippen molar-refractivity contribution < 1.29 is 23.0 Å². The minimum Gasteiger partial charge on any atom is -0.396 e. The van der Waals surface area contributed by atoms with Gasteiger partial charge in [-0.25, -0.2) is 0 Å². The number of ether oxygens (including phenoxy) is 1. The first-order valence-electron chi connectivity index (χ1n) is 5.73. The highest BCUT2D eigenvalue weighted by molar-refractivity contribution is 4.82. The summed E-state index contributed by atoms with van der Waals surface area (Å²) in [5, 5.41) is 9.32. The first-order chi connectivity index (χ1) is 7.47. The van der Waals surface area contributed by atoms with Crippen LogP contribution < -0.4 is 0 Å². The van der Waals surface area contributed by atoms with Gasteiger partial charge in [-0.2, -0.15) is 13.2 Å². The van der Waals surface area contributed by atoms with Gasteiger partial charge in [0.1, 0.15) is 6.61 Å². The number of alkyl halides is 3. The van der Waals surface area contributed by atoms with E-state index in [1.165, 1.54) is 0 Å². The Hall–Kier alpha value is -0.290. The molecule has 0 aromatic heterocycles. The van der Waals surface area contributed by atoms with Gasteiger partial charge in [0.15, 0.2) is 0 Å². The second-order valence-corrected chi connectivity index (χ2v) is 4.64. The number of aliphatic hydroxyl groups excluding tert-OH is 1. The van der Waals surface area contributed by atoms with Crippen LogP contribution in [0.2, 0.25) is 0 Å². The molecular formula is C11H19F3O2. The van der Waals surface area contributed by atoms with Crippen molar-refractivity contribution in [2.45, 2.75) is 44.7 Å². The lowest BCUT2D eigenvalue weighted by Gasteiger charge is -2.35. The van der Waals surface area contributed by atoms with Crippen LogP contribution in [0.3, 0.4) is 0 Å². The third-order valence-electron chi connectivity index (χ3n) is 3.29. The van der Waals surface area contributed by atoms with Gasteiger partial charge in [-0.15, -0.1) is 0 Å². The molecule has 1 fully saturated rings. The molecule has 0 atom stereocenters. The second kappa shape index (κ2) is 5.87. The summed E-state index contributed by atoms with van der Waals surface area (Å²) in [6.07, 6.45) is 1.35. The minimum atomic E-state index is -4.25. The summed E-state index contributed by atoms with van der Waals surface area (Å²) >= 11 is 0. The fourth-order valence-electron chi connectivity index (χ4n) is 2.27. The number of rotatable bonds is 5. The van der Waals surface area contributed by atoms with E-state index in [0.29, 0.717) is 6.42 Å². The van der Waals surface area contributed by atoms with Crippen molar-refractivity contribution in [3.05, 3.63) is 0 Å². The van der Waals surface area contributed by atoms with E-state index in [9.17, 15) is 18.3 Å². The maximum atomic E-state index is 11.8. The molecule has 0 bridgehead atoms. The second-order valence-electron chi connectivity index (χ2n) is 4.64. The largest absolute Gasteiger partial charge is 0.411 e. The van der Waals surface area contributed by atoms with Crippen molar-refractivity contribution in [1.29, 1.82) is 0 Å². The molecule has 0 spiro atoms. The number of aliphatic hydroxyl groups is 1. The number of halogens is 3. The molecule has 0 aromatic carbocycles. The minimum absolute atomic E-state index is 0.0579. The summed E-state index contributed by atoms with van der Waals surface area (Å²) in [5.74, 6) is 0. The van der Waals surface area contributed by atoms with Crippen LogP contribution >= 0.6 is 0 Å². The van der Waals surface area contributed by atoms with Gasteiger partial charge in [0.25, 0.3) is 0 Å². The molecule has 1 rings (SSSR count). The van der Waals surface area contributed by atoms with E-state index in [1.54, 1.807) is 0 Å². The zero-order valence-electron chi connectivity index (χ0n) is 9.35. The zero-order chi connectivity index (χ0) is 12.1. The van der Waals surface area contributed by atoms with Crippen LogP contribution in [-0.2, 0) is 4.74 Å². The molecule has 1 aliphatic carbocycles. The van der Waals surface area contributed by atoms with Crippen LogP contribution in [0.15, 0.2) is 0 Å². The predicted octanol–water partition coefficient (Wildman–Crippen LogP) is 2.90. The smallest absolute Gasteiger partial charge is 0.396 e. The van der Waals surface area contributed by atoms with E-state index in [-0.39, 0.29) is 18.6 Å². The van der Waals surface area contributed by atoms with Crippen LogP contribution in [0.4, 0.5) is 13.2 Å². The first kappa shape index (κ1) is 13.8. The Morgan fingerprint density at radius 3 is 2.25 bits per heavy atom. The molecule has 1 saturated carbocycles. The molecule has 0 unspecified atom stereocenters. The monoisotopic (exact) mass is 240 g/mol. The highest BCUT2D eigenvalue weighted by Gasteiger charge is 2.32. The summed E-state index contributed by atoms with van der Waals surface area (Å²) in [6.45, 7) is -1.04. The standard InChI is InChI=1S/C11H19F3O2/c12-11(13,14)9-16-7-6-10(8-15)4-2-1-3-5-10/h15H,1-9H2. The van der Waals surface area contributed by atoms with Crippen LogP contribution in [-0.4, -0.2) is 31.1 Å². The van der Waals surface area contributed by atoms with Crippen molar-refractivity contribution in [3.8, 4) is 0 Å². The van der Waals surface area contributed by atoms with E-state index in [2.05, 4.69) is 4.74 Å². The van der Waals surface area contributed by atoms with Gasteiger partial charge in [0, 0.05) is 13.2 Å². The molecule has 1 aliphatic rings. The van der Waals surface area contributed by atoms with E-state index in [4.69, 9.17) is 0 Å². The quantitative estimate of drug-likeness (QED) is 0.749. The van der Waals surface area contributed by atoms with Crippen molar-refractivity contribution in [1.82, 2.24) is 0 Å². The topological polar surface area (TPSA) is 29.5 Å². The lowest BCUT2D eigenvalue weighted by atomic mass is 9.73. The average molecular weight is 240 g/mol. The summed E-state index contributed by atoms with van der Waals surface area (Å²) in [4.78, 5) is 0. The van der Waals surface area contributed by atoms with Gasteiger partial charge >= 0.3 is 6.18 Å². The van der Waals surface area contributed by atoms with Gasteiger partial charge in [-0.1, -0.05) is 19.3 Å². The fraction of sp³-hybridized carbons (Fsp3) is 1.00. The Kier molecular flexibility index (Phi) is 5.05. The van der Waals surface area contributed by atoms with Crippen molar-refractivity contribution >= 4 is 0 Å². The van der Waals surface area contributed by atoms with Crippen LogP contribution in [0.25, 0.3) is 0 Å². The van der Waals surface area contributed by atoms with Crippen molar-refractivity contribution in [3.63, 3.8) is 0 Å². The Morgan fingerprint density at radius 1 is 1.12 bits per heavy atom. The molecule has 2 nitrogen and oxygen atoms in total. The average Bonchev–Trinajstić information content (AvgIpc) is 2.25. The Balaban J connectivity index is 2.23. The van der Waals surface area contributed by atoms with Gasteiger partial charge in [-0.3, -0.25) is 0 Å². The molecule has 0 saturated heterocycles. The SMILES string of the molecule is OCC1(CCOCC(F)(F)F)CCCCC1. The molecule has 0 aromatic rings. The van der Waals surface area contributed by atoms with Crippen molar-refractivity contribution in [2.24, 2.45) is 5.41 Å². The van der Waals surface area contributed by atoms with E-state index in [1.807, 2.05) is 0 Å². The van der Waals surface area contributed by atoms with Crippen molar-refractivity contribution in [2.75, 3.05) is 19.8 Å². The molecule has 16 heavy (non-hydrogen) atoms. The Labute approximate surface area is 93.8 Å². The molecule has 1 N–H and O–H groups in total. The molecule has 0 aliphatic heterocycles. The maximum absolute atomic E-state index is 11.8. The van der Waals surface area contributed by atoms with E-state index < -0.39 is 12.8 Å². The van der Waals surface area contributed by atoms with Crippen LogP contribution in [0.1, 0.15) is 38.5 Å². The van der Waals surface area contributed by atoms with Crippen LogP contribution in [0.5, 0.6) is 0 Å². The van der Waals surface area contributed by atoms with E-state index in [0.717, 1.165) is 32.1 Å². The Bertz CT molecular complexity index is 198. The van der Waals surface area contributed by atoms with Gasteiger partial charge < -0.3 is 9.84 Å². The Morgan fingerprint density at radius 2 is 1.75 bits per heavy atom. The summed E-state index contributed by atoms with van der Waals surface area (Å²) in [6, 6.07) is 0. The third-order valence-corrected chi connectivity index (χ3v) is 3.29. The summed E-state index contributed by atoms with van der Waals surface area (Å²) in [5.41, 5.74) is -0.191. The lowest BCUT2D eigenvalue weighted by molar-refractivity contribution is -0.176. The molecule has 0 heterocycles. The highest BCUT2D eigenvalue weighted by Crippen LogP contribution is 2.38. The summed E-state index contributed by atoms with van der Waals surface area (Å²) in [7, 11) is 0. The molecule has 96 valence electrons. The molecule has 5 heteroatoms. The molecule has 0 amide bonds. The normalized spacial score (nSPS) is 21.0. The fourth-order valence-corrected chi connectivity index (χ4v) is 2.27. The van der Waals surface area contributed by atoms with E-state index >= 15 is 0 Å². The third kappa shape index (κ3) is 4.70. The maximum Gasteiger partial charge on any atom is 0.411 e. The van der Waals surface area contributed by atoms with Gasteiger partial charge in [-0.05, 0) is 24.7 Å². The highest BCUT2D eigenvalue weighted by atomic mass is 19.4. The first-order valence-corrected chi connectivity index (χ1v) is 5.73. The van der Waals surface area contributed by atoms with Gasteiger partial charge in [0.05, 0.1) is 0 Å². The number of hydrogen-bond donors (Lipinski definition) is 1. The lowest BCUT2D eigenvalue weighted by Crippen LogP contribution is -2.30. The molecule has 0 radical (unpaired) electrons. The number of hydrogen-bond acceptors (Lipinski definition) is 2. The van der Waals surface area contributed by atoms with Crippen LogP contribution in [0, 0.1) is 5.41 Å². The summed E-state index contributed by atoms with van der Waals surface area (Å²) < 4.78 is 40.1.